The van der Waals surface area contributed by atoms with Gasteiger partial charge in [-0.3, -0.25) is 24.0 Å². The second kappa shape index (κ2) is 15.7. The summed E-state index contributed by atoms with van der Waals surface area (Å²) in [6.45, 7) is 2.25. The largest absolute Gasteiger partial charge is 0.446 e. The van der Waals surface area contributed by atoms with Crippen molar-refractivity contribution in [1.29, 1.82) is 0 Å². The lowest BCUT2D eigenvalue weighted by Gasteiger charge is -2.31. The summed E-state index contributed by atoms with van der Waals surface area (Å²) in [5, 5.41) is 6.72. The standard InChI is InChI=1S/C37H37N5O5S/c43-35(39-30-17-15-27(16-18-30)26-42(48(45)46)34-14-6-10-29-11-7-22-38-36(29)34)21-25-41-23-19-31(20-24-41)47-37(44)40-33-13-5-4-12-32(33)28-8-2-1-3-9-28/h1-18,22,31H,19-21,23-26H2,(H,39,43)(H,40,44)(H,45,46). The van der Waals surface area contributed by atoms with Crippen molar-refractivity contribution in [1.82, 2.24) is 9.88 Å². The molecule has 1 fully saturated rings. The molecule has 0 saturated carbocycles. The molecule has 1 atom stereocenters. The third-order valence-corrected chi connectivity index (χ3v) is 9.05. The second-order valence-corrected chi connectivity index (χ2v) is 12.5. The van der Waals surface area contributed by atoms with Crippen molar-refractivity contribution in [3.63, 3.8) is 0 Å². The predicted molar refractivity (Wildman–Crippen MR) is 190 cm³/mol. The van der Waals surface area contributed by atoms with Crippen molar-refractivity contribution >= 4 is 51.2 Å². The average Bonchev–Trinajstić information content (AvgIpc) is 3.11. The molecule has 11 heteroatoms. The van der Waals surface area contributed by atoms with Gasteiger partial charge >= 0.3 is 6.09 Å². The molecule has 0 spiro atoms. The Morgan fingerprint density at radius 1 is 0.875 bits per heavy atom. The van der Waals surface area contributed by atoms with Crippen LogP contribution < -0.4 is 14.9 Å². The number of anilines is 3. The number of rotatable bonds is 11. The van der Waals surface area contributed by atoms with Crippen molar-refractivity contribution in [3.05, 3.63) is 121 Å². The Bertz CT molecular complexity index is 1880. The number of benzene rings is 4. The Hall–Kier alpha value is -5.10. The van der Waals surface area contributed by atoms with Crippen LogP contribution in [0, 0.1) is 0 Å². The van der Waals surface area contributed by atoms with Crippen LogP contribution in [0.2, 0.25) is 0 Å². The van der Waals surface area contributed by atoms with Crippen molar-refractivity contribution in [2.75, 3.05) is 34.6 Å². The molecule has 1 saturated heterocycles. The number of aromatic nitrogens is 1. The number of piperidine rings is 1. The van der Waals surface area contributed by atoms with Gasteiger partial charge in [-0.1, -0.05) is 78.9 Å². The van der Waals surface area contributed by atoms with Gasteiger partial charge in [-0.2, -0.15) is 0 Å². The minimum Gasteiger partial charge on any atom is -0.446 e. The number of pyridine rings is 1. The number of likely N-dealkylation sites (tertiary alicyclic amines) is 1. The Balaban J connectivity index is 0.937. The molecule has 1 unspecified atom stereocenters. The molecule has 5 aromatic rings. The molecule has 1 aliphatic heterocycles. The Morgan fingerprint density at radius 2 is 1.60 bits per heavy atom. The van der Waals surface area contributed by atoms with Gasteiger partial charge in [0, 0.05) is 48.9 Å². The van der Waals surface area contributed by atoms with E-state index in [4.69, 9.17) is 4.74 Å². The zero-order valence-corrected chi connectivity index (χ0v) is 27.1. The number of nitrogens with zero attached hydrogens (tertiary/aromatic N) is 3. The SMILES string of the molecule is O=C(CCN1CCC(OC(=O)Nc2ccccc2-c2ccccc2)CC1)Nc1ccc(CN(c2cccc3cccnc23)S(=O)O)cc1. The normalized spacial score (nSPS) is 14.3. The van der Waals surface area contributed by atoms with Gasteiger partial charge < -0.3 is 15.0 Å². The van der Waals surface area contributed by atoms with Gasteiger partial charge in [-0.25, -0.2) is 9.00 Å². The third-order valence-electron chi connectivity index (χ3n) is 8.34. The first-order chi connectivity index (χ1) is 23.4. The van der Waals surface area contributed by atoms with Crippen LogP contribution in [-0.4, -0.2) is 56.4 Å². The van der Waals surface area contributed by atoms with Gasteiger partial charge in [0.05, 0.1) is 23.4 Å². The molecular weight excluding hydrogens is 627 g/mol. The molecule has 0 bridgehead atoms. The van der Waals surface area contributed by atoms with E-state index in [1.54, 1.807) is 24.4 Å². The lowest BCUT2D eigenvalue weighted by Crippen LogP contribution is -2.39. The molecule has 10 nitrogen and oxygen atoms in total. The first-order valence-corrected chi connectivity index (χ1v) is 16.9. The second-order valence-electron chi connectivity index (χ2n) is 11.6. The van der Waals surface area contributed by atoms with Gasteiger partial charge in [0.25, 0.3) is 11.3 Å². The van der Waals surface area contributed by atoms with Crippen LogP contribution in [0.1, 0.15) is 24.8 Å². The minimum atomic E-state index is -2.26. The number of ether oxygens (including phenoxy) is 1. The summed E-state index contributed by atoms with van der Waals surface area (Å²) < 4.78 is 29.5. The van der Waals surface area contributed by atoms with Crippen LogP contribution in [0.5, 0.6) is 0 Å². The maximum atomic E-state index is 12.7. The number of amides is 2. The third kappa shape index (κ3) is 8.43. The summed E-state index contributed by atoms with van der Waals surface area (Å²) in [4.78, 5) is 32.1. The number of para-hydroxylation sites is 2. The smallest absolute Gasteiger partial charge is 0.411 e. The number of carbonyl (C=O) groups excluding carboxylic acids is 2. The molecule has 1 aromatic heterocycles. The molecule has 6 rings (SSSR count). The summed E-state index contributed by atoms with van der Waals surface area (Å²) in [5.74, 6) is -0.0995. The van der Waals surface area contributed by atoms with E-state index in [9.17, 15) is 18.4 Å². The molecule has 0 aliphatic carbocycles. The summed E-state index contributed by atoms with van der Waals surface area (Å²) in [5.41, 5.74) is 5.32. The summed E-state index contributed by atoms with van der Waals surface area (Å²) >= 11 is -2.26. The van der Waals surface area contributed by atoms with Gasteiger partial charge in [0.1, 0.15) is 6.10 Å². The number of hydrogen-bond donors (Lipinski definition) is 3. The number of nitrogens with one attached hydrogen (secondary N) is 2. The van der Waals surface area contributed by atoms with E-state index in [0.717, 1.165) is 35.2 Å². The van der Waals surface area contributed by atoms with Crippen molar-refractivity contribution in [2.45, 2.75) is 31.9 Å². The van der Waals surface area contributed by atoms with Crippen LogP contribution in [0.25, 0.3) is 22.0 Å². The van der Waals surface area contributed by atoms with E-state index in [-0.39, 0.29) is 18.6 Å². The first-order valence-electron chi connectivity index (χ1n) is 15.9. The van der Waals surface area contributed by atoms with Gasteiger partial charge in [-0.15, -0.1) is 0 Å². The predicted octanol–water partition coefficient (Wildman–Crippen LogP) is 7.09. The highest BCUT2D eigenvalue weighted by Gasteiger charge is 2.23. The maximum Gasteiger partial charge on any atom is 0.411 e. The Kier molecular flexibility index (Phi) is 10.7. The lowest BCUT2D eigenvalue weighted by molar-refractivity contribution is -0.116. The van der Waals surface area contributed by atoms with Gasteiger partial charge in [0.15, 0.2) is 0 Å². The highest BCUT2D eigenvalue weighted by Crippen LogP contribution is 2.29. The molecule has 0 radical (unpaired) electrons. The fourth-order valence-electron chi connectivity index (χ4n) is 5.86. The molecule has 2 amide bonds. The van der Waals surface area contributed by atoms with Crippen molar-refractivity contribution in [3.8, 4) is 11.1 Å². The van der Waals surface area contributed by atoms with Crippen LogP contribution in [0.15, 0.2) is 115 Å². The zero-order valence-electron chi connectivity index (χ0n) is 26.3. The fraction of sp³-hybridized carbons (Fsp3) is 0.216. The van der Waals surface area contributed by atoms with E-state index in [0.29, 0.717) is 48.4 Å². The quantitative estimate of drug-likeness (QED) is 0.129. The molecule has 4 aromatic carbocycles. The summed E-state index contributed by atoms with van der Waals surface area (Å²) in [6.07, 6.45) is 2.73. The molecule has 48 heavy (non-hydrogen) atoms. The van der Waals surface area contributed by atoms with E-state index < -0.39 is 17.4 Å². The Morgan fingerprint density at radius 3 is 2.38 bits per heavy atom. The highest BCUT2D eigenvalue weighted by molar-refractivity contribution is 7.80. The topological polar surface area (TPSA) is 124 Å². The number of hydrogen-bond acceptors (Lipinski definition) is 6. The van der Waals surface area contributed by atoms with Crippen molar-refractivity contribution < 1.29 is 23.1 Å². The summed E-state index contributed by atoms with van der Waals surface area (Å²) in [6, 6.07) is 34.0. The number of carbonyl (C=O) groups is 2. The van der Waals surface area contributed by atoms with Crippen LogP contribution in [-0.2, 0) is 27.3 Å². The van der Waals surface area contributed by atoms with E-state index in [1.807, 2.05) is 91.0 Å². The highest BCUT2D eigenvalue weighted by atomic mass is 32.2. The molecule has 2 heterocycles. The van der Waals surface area contributed by atoms with Crippen molar-refractivity contribution in [2.24, 2.45) is 0 Å². The van der Waals surface area contributed by atoms with Crippen LogP contribution >= 0.6 is 0 Å². The summed E-state index contributed by atoms with van der Waals surface area (Å²) in [7, 11) is 0. The van der Waals surface area contributed by atoms with Gasteiger partial charge in [0.2, 0.25) is 5.91 Å². The fourth-order valence-corrected chi connectivity index (χ4v) is 6.43. The maximum absolute atomic E-state index is 12.7. The monoisotopic (exact) mass is 663 g/mol. The number of fused-ring (bicyclic) bond motifs is 1. The lowest BCUT2D eigenvalue weighted by atomic mass is 10.0. The van der Waals surface area contributed by atoms with E-state index >= 15 is 0 Å². The minimum absolute atomic E-state index is 0.0995. The average molecular weight is 664 g/mol. The molecule has 1 aliphatic rings. The molecule has 3 N–H and O–H groups in total. The first kappa shape index (κ1) is 32.8. The molecule has 246 valence electrons. The molecular formula is C37H37N5O5S. The van der Waals surface area contributed by atoms with Crippen LogP contribution in [0.4, 0.5) is 21.9 Å². The van der Waals surface area contributed by atoms with E-state index in [2.05, 4.69) is 20.5 Å². The van der Waals surface area contributed by atoms with Crippen LogP contribution in [0.3, 0.4) is 0 Å². The van der Waals surface area contributed by atoms with Gasteiger partial charge in [-0.05, 0) is 54.3 Å². The Labute approximate surface area is 282 Å². The van der Waals surface area contributed by atoms with E-state index in [1.165, 1.54) is 4.31 Å². The zero-order chi connectivity index (χ0) is 33.3.